The number of hydrogen-bond acceptors (Lipinski definition) is 4. The minimum absolute atomic E-state index is 0.0213. The van der Waals surface area contributed by atoms with Crippen molar-refractivity contribution in [2.45, 2.75) is 31.0 Å². The highest BCUT2D eigenvalue weighted by Gasteiger charge is 2.45. The summed E-state index contributed by atoms with van der Waals surface area (Å²) in [5, 5.41) is 27.9. The Hall–Kier alpha value is -0.460. The van der Waals surface area contributed by atoms with Gasteiger partial charge in [-0.1, -0.05) is 0 Å². The molecule has 8 heteroatoms. The van der Waals surface area contributed by atoms with Crippen molar-refractivity contribution in [3.8, 4) is 0 Å². The molecule has 0 aromatic rings. The van der Waals surface area contributed by atoms with E-state index in [1.54, 1.807) is 0 Å². The molecule has 0 spiro atoms. The van der Waals surface area contributed by atoms with Gasteiger partial charge in [0.1, 0.15) is 0 Å². The van der Waals surface area contributed by atoms with E-state index in [9.17, 15) is 19.6 Å². The Balaban J connectivity index is 2.77. The van der Waals surface area contributed by atoms with Gasteiger partial charge in [-0.05, 0) is 25.2 Å². The van der Waals surface area contributed by atoms with Gasteiger partial charge in [0.05, 0.1) is 12.3 Å². The van der Waals surface area contributed by atoms with Gasteiger partial charge in [0.25, 0.3) is 0 Å². The van der Waals surface area contributed by atoms with E-state index >= 15 is 0 Å². The summed E-state index contributed by atoms with van der Waals surface area (Å²) in [6.45, 7) is 0. The van der Waals surface area contributed by atoms with Gasteiger partial charge in [0, 0.05) is 0 Å². The normalized spacial score (nSPS) is 36.0. The smallest absolute Gasteiger partial charge is 0.335 e. The van der Waals surface area contributed by atoms with Crippen LogP contribution in [0, 0.1) is 5.92 Å². The van der Waals surface area contributed by atoms with E-state index in [1.165, 1.54) is 0 Å². The zero-order valence-corrected chi connectivity index (χ0v) is 9.38. The first-order chi connectivity index (χ1) is 7.14. The summed E-state index contributed by atoms with van der Waals surface area (Å²) in [6.07, 6.45) is -2.01. The van der Waals surface area contributed by atoms with E-state index in [2.05, 4.69) is 0 Å². The fourth-order valence-corrected chi connectivity index (χ4v) is 2.96. The average Bonchev–Trinajstić information content (AvgIpc) is 2.09. The van der Waals surface area contributed by atoms with Crippen LogP contribution < -0.4 is 0 Å². The van der Waals surface area contributed by atoms with Crippen LogP contribution >= 0.6 is 7.60 Å². The molecule has 94 valence electrons. The summed E-state index contributed by atoms with van der Waals surface area (Å²) in [5.41, 5.74) is -1.99. The molecule has 0 heterocycles. The molecule has 7 nitrogen and oxygen atoms in total. The van der Waals surface area contributed by atoms with Crippen LogP contribution in [0.2, 0.25) is 0 Å². The van der Waals surface area contributed by atoms with Crippen LogP contribution in [0.3, 0.4) is 0 Å². The van der Waals surface area contributed by atoms with Crippen molar-refractivity contribution >= 4 is 13.6 Å². The Morgan fingerprint density at radius 2 is 2.00 bits per heavy atom. The molecular formula is C8H15O7P. The van der Waals surface area contributed by atoms with Crippen LogP contribution in [0.4, 0.5) is 0 Å². The van der Waals surface area contributed by atoms with Gasteiger partial charge >= 0.3 is 13.6 Å². The fourth-order valence-electron chi connectivity index (χ4n) is 1.98. The second-order valence-electron chi connectivity index (χ2n) is 4.25. The molecular weight excluding hydrogens is 239 g/mol. The Labute approximate surface area is 91.9 Å². The van der Waals surface area contributed by atoms with Crippen molar-refractivity contribution in [1.82, 2.24) is 0 Å². The summed E-state index contributed by atoms with van der Waals surface area (Å²) < 4.78 is 10.8. The Kier molecular flexibility index (Phi) is 3.76. The highest BCUT2D eigenvalue weighted by Crippen LogP contribution is 2.43. The molecule has 0 radical (unpaired) electrons. The number of carbonyl (C=O) groups is 1. The lowest BCUT2D eigenvalue weighted by molar-refractivity contribution is -0.166. The number of hydrogen-bond donors (Lipinski definition) is 5. The zero-order valence-electron chi connectivity index (χ0n) is 8.48. The van der Waals surface area contributed by atoms with Crippen LogP contribution in [-0.4, -0.2) is 48.9 Å². The molecule has 0 aliphatic heterocycles. The fraction of sp³-hybridized carbons (Fsp3) is 0.875. The summed E-state index contributed by atoms with van der Waals surface area (Å²) in [4.78, 5) is 28.3. The zero-order chi connectivity index (χ0) is 12.6. The summed E-state index contributed by atoms with van der Waals surface area (Å²) in [7, 11) is -4.32. The van der Waals surface area contributed by atoms with E-state index in [0.29, 0.717) is 0 Å². The largest absolute Gasteiger partial charge is 0.479 e. The Morgan fingerprint density at radius 3 is 2.44 bits per heavy atom. The summed E-state index contributed by atoms with van der Waals surface area (Å²) in [5.74, 6) is -2.31. The van der Waals surface area contributed by atoms with Crippen LogP contribution in [0.1, 0.15) is 19.3 Å². The molecule has 1 aliphatic carbocycles. The van der Waals surface area contributed by atoms with Crippen LogP contribution in [0.15, 0.2) is 0 Å². The van der Waals surface area contributed by atoms with Crippen molar-refractivity contribution in [3.05, 3.63) is 0 Å². The van der Waals surface area contributed by atoms with E-state index in [0.717, 1.165) is 0 Å². The molecule has 1 rings (SSSR count). The highest BCUT2D eigenvalue weighted by atomic mass is 31.2. The maximum atomic E-state index is 10.8. The monoisotopic (exact) mass is 254 g/mol. The molecule has 1 fully saturated rings. The lowest BCUT2D eigenvalue weighted by Gasteiger charge is -2.36. The molecule has 3 atom stereocenters. The highest BCUT2D eigenvalue weighted by molar-refractivity contribution is 7.51. The van der Waals surface area contributed by atoms with Crippen LogP contribution in [-0.2, 0) is 9.36 Å². The molecule has 0 aromatic heterocycles. The topological polar surface area (TPSA) is 135 Å². The number of aliphatic hydroxyl groups excluding tert-OH is 1. The lowest BCUT2D eigenvalue weighted by atomic mass is 9.77. The number of aliphatic carboxylic acids is 1. The first kappa shape index (κ1) is 13.6. The molecule has 5 N–H and O–H groups in total. The van der Waals surface area contributed by atoms with E-state index in [-0.39, 0.29) is 19.3 Å². The molecule has 0 saturated heterocycles. The Bertz CT molecular complexity index is 324. The molecule has 0 aromatic carbocycles. The van der Waals surface area contributed by atoms with Crippen molar-refractivity contribution in [1.29, 1.82) is 0 Å². The SMILES string of the molecule is O=C(O)[C@@]1(O)CC[C@H](O)[C@@H](CP(=O)(O)O)C1. The van der Waals surface area contributed by atoms with Gasteiger partial charge in [-0.2, -0.15) is 0 Å². The number of aliphatic hydroxyl groups is 2. The van der Waals surface area contributed by atoms with Crippen molar-refractivity contribution in [2.75, 3.05) is 6.16 Å². The second kappa shape index (κ2) is 4.43. The van der Waals surface area contributed by atoms with Gasteiger partial charge in [-0.15, -0.1) is 0 Å². The van der Waals surface area contributed by atoms with Crippen molar-refractivity contribution in [2.24, 2.45) is 5.92 Å². The van der Waals surface area contributed by atoms with Gasteiger partial charge in [-0.3, -0.25) is 4.57 Å². The Morgan fingerprint density at radius 1 is 1.44 bits per heavy atom. The third-order valence-corrected chi connectivity index (χ3v) is 3.81. The number of rotatable bonds is 3. The number of carboxylic acid groups (broad SMARTS) is 1. The van der Waals surface area contributed by atoms with Crippen molar-refractivity contribution in [3.63, 3.8) is 0 Å². The third kappa shape index (κ3) is 3.26. The lowest BCUT2D eigenvalue weighted by Crippen LogP contribution is -2.48. The van der Waals surface area contributed by atoms with Gasteiger partial charge in [0.15, 0.2) is 5.60 Å². The average molecular weight is 254 g/mol. The molecule has 0 unspecified atom stereocenters. The van der Waals surface area contributed by atoms with Gasteiger partial charge in [0.2, 0.25) is 0 Å². The number of carboxylic acids is 1. The predicted molar refractivity (Wildman–Crippen MR) is 52.8 cm³/mol. The first-order valence-electron chi connectivity index (χ1n) is 4.82. The van der Waals surface area contributed by atoms with E-state index < -0.39 is 37.3 Å². The minimum Gasteiger partial charge on any atom is -0.479 e. The van der Waals surface area contributed by atoms with Crippen LogP contribution in [0.5, 0.6) is 0 Å². The standard InChI is InChI=1S/C8H15O7P/c9-6-1-2-8(12,7(10)11)3-5(6)4-16(13,14)15/h5-6,9,12H,1-4H2,(H,10,11)(H2,13,14,15)/t5-,6+,8-/m1/s1. The minimum atomic E-state index is -4.32. The molecule has 0 amide bonds. The van der Waals surface area contributed by atoms with Crippen LogP contribution in [0.25, 0.3) is 0 Å². The van der Waals surface area contributed by atoms with E-state index in [1.807, 2.05) is 0 Å². The third-order valence-electron chi connectivity index (χ3n) is 2.87. The predicted octanol–water partition coefficient (Wildman–Crippen LogP) is -0.859. The van der Waals surface area contributed by atoms with Gasteiger partial charge in [-0.25, -0.2) is 4.79 Å². The van der Waals surface area contributed by atoms with Gasteiger partial charge < -0.3 is 25.1 Å². The molecule has 1 saturated carbocycles. The van der Waals surface area contributed by atoms with E-state index in [4.69, 9.17) is 14.9 Å². The second-order valence-corrected chi connectivity index (χ2v) is 5.95. The maximum absolute atomic E-state index is 10.8. The maximum Gasteiger partial charge on any atom is 0.335 e. The molecule has 0 bridgehead atoms. The summed E-state index contributed by atoms with van der Waals surface area (Å²) >= 11 is 0. The first-order valence-corrected chi connectivity index (χ1v) is 6.62. The van der Waals surface area contributed by atoms with Crippen molar-refractivity contribution < 1.29 is 34.5 Å². The molecule has 16 heavy (non-hydrogen) atoms. The molecule has 1 aliphatic rings. The quantitative estimate of drug-likeness (QED) is 0.413. The summed E-state index contributed by atoms with van der Waals surface area (Å²) in [6, 6.07) is 0.